The molecule has 3 rings (SSSR count). The maximum atomic E-state index is 5.56. The Balaban J connectivity index is 1.95. The van der Waals surface area contributed by atoms with E-state index in [0.717, 1.165) is 40.7 Å². The standard InChI is InChI=1S/C13H16N6S/c1-9(4-2-6-14)12-18-19-11(16-17-13(19)20-12)10-5-3-7-15-8-10/h3,5,7-9H,2,4,6,14H2,1H3. The van der Waals surface area contributed by atoms with E-state index in [1.807, 2.05) is 12.1 Å². The van der Waals surface area contributed by atoms with Gasteiger partial charge in [0.1, 0.15) is 5.01 Å². The molecule has 6 nitrogen and oxygen atoms in total. The van der Waals surface area contributed by atoms with Crippen LogP contribution in [-0.2, 0) is 0 Å². The van der Waals surface area contributed by atoms with Gasteiger partial charge in [0.05, 0.1) is 0 Å². The lowest BCUT2D eigenvalue weighted by Crippen LogP contribution is -2.02. The van der Waals surface area contributed by atoms with Crippen LogP contribution >= 0.6 is 11.3 Å². The highest BCUT2D eigenvalue weighted by Gasteiger charge is 2.16. The van der Waals surface area contributed by atoms with Gasteiger partial charge in [-0.3, -0.25) is 4.98 Å². The van der Waals surface area contributed by atoms with E-state index in [2.05, 4.69) is 27.2 Å². The van der Waals surface area contributed by atoms with Crippen LogP contribution in [0.2, 0.25) is 0 Å². The lowest BCUT2D eigenvalue weighted by molar-refractivity contribution is 0.628. The van der Waals surface area contributed by atoms with Crippen LogP contribution < -0.4 is 5.73 Å². The van der Waals surface area contributed by atoms with Crippen LogP contribution in [0.3, 0.4) is 0 Å². The van der Waals surface area contributed by atoms with Crippen molar-refractivity contribution in [1.82, 2.24) is 24.8 Å². The third-order valence-corrected chi connectivity index (χ3v) is 4.32. The molecule has 2 N–H and O–H groups in total. The second kappa shape index (κ2) is 5.64. The zero-order valence-corrected chi connectivity index (χ0v) is 12.0. The number of nitrogens with two attached hydrogens (primary N) is 1. The Morgan fingerprint density at radius 1 is 1.40 bits per heavy atom. The van der Waals surface area contributed by atoms with Gasteiger partial charge in [-0.15, -0.1) is 10.2 Å². The monoisotopic (exact) mass is 288 g/mol. The first-order valence-electron chi connectivity index (χ1n) is 6.62. The number of pyridine rings is 1. The molecule has 0 aliphatic carbocycles. The molecule has 3 aromatic heterocycles. The number of hydrogen-bond acceptors (Lipinski definition) is 6. The van der Waals surface area contributed by atoms with Gasteiger partial charge in [-0.25, -0.2) is 0 Å². The SMILES string of the molecule is CC(CCCN)c1nn2c(-c3cccnc3)nnc2s1. The molecule has 0 spiro atoms. The molecular formula is C13H16N6S. The fourth-order valence-electron chi connectivity index (χ4n) is 2.05. The van der Waals surface area contributed by atoms with Gasteiger partial charge in [0.25, 0.3) is 0 Å². The number of aromatic nitrogens is 5. The van der Waals surface area contributed by atoms with E-state index in [1.54, 1.807) is 28.2 Å². The second-order valence-electron chi connectivity index (χ2n) is 4.73. The van der Waals surface area contributed by atoms with Crippen molar-refractivity contribution in [2.24, 2.45) is 5.73 Å². The van der Waals surface area contributed by atoms with Gasteiger partial charge in [0.15, 0.2) is 5.82 Å². The van der Waals surface area contributed by atoms with Crippen molar-refractivity contribution in [3.05, 3.63) is 29.5 Å². The molecule has 0 radical (unpaired) electrons. The summed E-state index contributed by atoms with van der Waals surface area (Å²) in [7, 11) is 0. The third kappa shape index (κ3) is 2.41. The highest BCUT2D eigenvalue weighted by Crippen LogP contribution is 2.27. The average Bonchev–Trinajstić information content (AvgIpc) is 3.05. The number of hydrogen-bond donors (Lipinski definition) is 1. The van der Waals surface area contributed by atoms with Crippen molar-refractivity contribution < 1.29 is 0 Å². The molecule has 0 saturated carbocycles. The maximum Gasteiger partial charge on any atom is 0.234 e. The Hall–Kier alpha value is -1.86. The average molecular weight is 288 g/mol. The first kappa shape index (κ1) is 13.1. The molecule has 20 heavy (non-hydrogen) atoms. The molecule has 0 saturated heterocycles. The Kier molecular flexibility index (Phi) is 3.70. The minimum Gasteiger partial charge on any atom is -0.330 e. The van der Waals surface area contributed by atoms with E-state index >= 15 is 0 Å². The zero-order chi connectivity index (χ0) is 13.9. The molecule has 104 valence electrons. The Morgan fingerprint density at radius 3 is 3.05 bits per heavy atom. The van der Waals surface area contributed by atoms with Crippen molar-refractivity contribution in [2.75, 3.05) is 6.54 Å². The highest BCUT2D eigenvalue weighted by molar-refractivity contribution is 7.16. The van der Waals surface area contributed by atoms with Crippen LogP contribution in [-0.4, -0.2) is 31.3 Å². The van der Waals surface area contributed by atoms with E-state index < -0.39 is 0 Å². The van der Waals surface area contributed by atoms with Gasteiger partial charge in [0.2, 0.25) is 4.96 Å². The van der Waals surface area contributed by atoms with Crippen LogP contribution in [0.15, 0.2) is 24.5 Å². The van der Waals surface area contributed by atoms with E-state index in [-0.39, 0.29) is 0 Å². The summed E-state index contributed by atoms with van der Waals surface area (Å²) in [4.78, 5) is 4.93. The number of fused-ring (bicyclic) bond motifs is 1. The topological polar surface area (TPSA) is 82.0 Å². The van der Waals surface area contributed by atoms with Crippen molar-refractivity contribution in [1.29, 1.82) is 0 Å². The van der Waals surface area contributed by atoms with Crippen LogP contribution in [0.4, 0.5) is 0 Å². The summed E-state index contributed by atoms with van der Waals surface area (Å²) in [6.07, 6.45) is 5.57. The lowest BCUT2D eigenvalue weighted by atomic mass is 10.1. The molecule has 0 aromatic carbocycles. The Labute approximate surface area is 120 Å². The fourth-order valence-corrected chi connectivity index (χ4v) is 2.98. The third-order valence-electron chi connectivity index (χ3n) is 3.19. The summed E-state index contributed by atoms with van der Waals surface area (Å²) in [5.74, 6) is 1.13. The summed E-state index contributed by atoms with van der Waals surface area (Å²) in [5.41, 5.74) is 6.48. The minimum atomic E-state index is 0.395. The van der Waals surface area contributed by atoms with E-state index in [9.17, 15) is 0 Å². The minimum absolute atomic E-state index is 0.395. The summed E-state index contributed by atoms with van der Waals surface area (Å²) in [5, 5.41) is 14.1. The Morgan fingerprint density at radius 2 is 2.30 bits per heavy atom. The number of nitrogens with zero attached hydrogens (tertiary/aromatic N) is 5. The molecule has 0 amide bonds. The molecule has 1 unspecified atom stereocenters. The number of rotatable bonds is 5. The smallest absolute Gasteiger partial charge is 0.234 e. The summed E-state index contributed by atoms with van der Waals surface area (Å²) >= 11 is 1.59. The Bertz CT molecular complexity index is 689. The second-order valence-corrected chi connectivity index (χ2v) is 5.72. The summed E-state index contributed by atoms with van der Waals surface area (Å²) in [6, 6.07) is 3.84. The van der Waals surface area contributed by atoms with E-state index in [0.29, 0.717) is 5.92 Å². The zero-order valence-electron chi connectivity index (χ0n) is 11.2. The molecule has 0 fully saturated rings. The predicted molar refractivity (Wildman–Crippen MR) is 78.6 cm³/mol. The molecule has 0 aliphatic rings. The molecule has 7 heteroatoms. The van der Waals surface area contributed by atoms with Gasteiger partial charge >= 0.3 is 0 Å². The van der Waals surface area contributed by atoms with Gasteiger partial charge in [-0.05, 0) is 31.5 Å². The lowest BCUT2D eigenvalue weighted by Gasteiger charge is -2.05. The van der Waals surface area contributed by atoms with Gasteiger partial charge in [-0.2, -0.15) is 9.61 Å². The molecule has 3 heterocycles. The van der Waals surface area contributed by atoms with E-state index in [1.165, 1.54) is 0 Å². The summed E-state index contributed by atoms with van der Waals surface area (Å²) < 4.78 is 1.80. The first-order chi connectivity index (χ1) is 9.79. The van der Waals surface area contributed by atoms with E-state index in [4.69, 9.17) is 5.73 Å². The first-order valence-corrected chi connectivity index (χ1v) is 7.44. The maximum absolute atomic E-state index is 5.56. The summed E-state index contributed by atoms with van der Waals surface area (Å²) in [6.45, 7) is 2.89. The van der Waals surface area contributed by atoms with Gasteiger partial charge < -0.3 is 5.73 Å². The predicted octanol–water partition coefficient (Wildman–Crippen LogP) is 2.09. The van der Waals surface area contributed by atoms with Crippen molar-refractivity contribution in [3.63, 3.8) is 0 Å². The van der Waals surface area contributed by atoms with Crippen molar-refractivity contribution in [3.8, 4) is 11.4 Å². The van der Waals surface area contributed by atoms with Gasteiger partial charge in [-0.1, -0.05) is 18.3 Å². The molecular weight excluding hydrogens is 272 g/mol. The normalized spacial score (nSPS) is 12.9. The largest absolute Gasteiger partial charge is 0.330 e. The van der Waals surface area contributed by atoms with Crippen LogP contribution in [0.5, 0.6) is 0 Å². The fraction of sp³-hybridized carbons (Fsp3) is 0.385. The van der Waals surface area contributed by atoms with Gasteiger partial charge in [0, 0.05) is 23.9 Å². The molecule has 0 bridgehead atoms. The molecule has 0 aliphatic heterocycles. The van der Waals surface area contributed by atoms with Crippen molar-refractivity contribution in [2.45, 2.75) is 25.7 Å². The molecule has 3 aromatic rings. The van der Waals surface area contributed by atoms with Crippen molar-refractivity contribution >= 4 is 16.3 Å². The molecule has 1 atom stereocenters. The van der Waals surface area contributed by atoms with Crippen LogP contribution in [0.25, 0.3) is 16.3 Å². The quantitative estimate of drug-likeness (QED) is 0.777. The highest BCUT2D eigenvalue weighted by atomic mass is 32.1. The van der Waals surface area contributed by atoms with Crippen LogP contribution in [0.1, 0.15) is 30.7 Å². The van der Waals surface area contributed by atoms with Crippen LogP contribution in [0, 0.1) is 0 Å².